The number of hydrogen-bond acceptors (Lipinski definition) is 1. The second-order valence-corrected chi connectivity index (χ2v) is 20.3. The van der Waals surface area contributed by atoms with Crippen LogP contribution in [0.3, 0.4) is 0 Å². The molecule has 1 heterocycles. The van der Waals surface area contributed by atoms with Crippen molar-refractivity contribution in [3.63, 3.8) is 0 Å². The number of anilines is 3. The van der Waals surface area contributed by atoms with E-state index in [1.165, 1.54) is 115 Å². The molecule has 2 aliphatic carbocycles. The highest BCUT2D eigenvalue weighted by atomic mass is 15.1. The molecule has 348 valence electrons. The summed E-state index contributed by atoms with van der Waals surface area (Å²) in [6, 6.07) is 104. The molecule has 13 aromatic carbocycles. The van der Waals surface area contributed by atoms with E-state index < -0.39 is 5.41 Å². The van der Waals surface area contributed by atoms with Gasteiger partial charge in [-0.15, -0.1) is 0 Å². The Labute approximate surface area is 435 Å². The molecule has 14 aromatic rings. The van der Waals surface area contributed by atoms with Crippen LogP contribution in [0.5, 0.6) is 0 Å². The number of benzene rings is 13. The largest absolute Gasteiger partial charge is 0.310 e. The quantitative estimate of drug-likeness (QED) is 0.151. The van der Waals surface area contributed by atoms with Crippen molar-refractivity contribution in [1.82, 2.24) is 4.57 Å². The fraction of sp³-hybridized carbons (Fsp3) is 0.0137. The zero-order valence-electron chi connectivity index (χ0n) is 41.0. The van der Waals surface area contributed by atoms with E-state index in [9.17, 15) is 0 Å². The normalized spacial score (nSPS) is 12.9. The first-order valence-electron chi connectivity index (χ1n) is 26.1. The summed E-state index contributed by atoms with van der Waals surface area (Å²) in [4.78, 5) is 2.52. The van der Waals surface area contributed by atoms with E-state index in [1.54, 1.807) is 0 Å². The zero-order valence-corrected chi connectivity index (χ0v) is 41.0. The summed E-state index contributed by atoms with van der Waals surface area (Å²) >= 11 is 0. The fourth-order valence-electron chi connectivity index (χ4n) is 13.6. The number of para-hydroxylation sites is 2. The Morgan fingerprint density at radius 1 is 0.280 bits per heavy atom. The van der Waals surface area contributed by atoms with E-state index in [1.807, 2.05) is 0 Å². The van der Waals surface area contributed by atoms with Crippen molar-refractivity contribution in [1.29, 1.82) is 0 Å². The van der Waals surface area contributed by atoms with Crippen molar-refractivity contribution in [2.45, 2.75) is 5.41 Å². The first kappa shape index (κ1) is 41.8. The summed E-state index contributed by atoms with van der Waals surface area (Å²) in [6.45, 7) is 0. The minimum Gasteiger partial charge on any atom is -0.310 e. The van der Waals surface area contributed by atoms with Gasteiger partial charge in [-0.1, -0.05) is 218 Å². The lowest BCUT2D eigenvalue weighted by atomic mass is 9.70. The Bertz CT molecular complexity index is 4570. The third-order valence-corrected chi connectivity index (χ3v) is 16.6. The summed E-state index contributed by atoms with van der Waals surface area (Å²) in [5, 5.41) is 10.1. The minimum absolute atomic E-state index is 0.463. The first-order chi connectivity index (χ1) is 37.2. The highest BCUT2D eigenvalue weighted by Gasteiger charge is 2.52. The van der Waals surface area contributed by atoms with Crippen molar-refractivity contribution >= 4 is 71.2 Å². The zero-order chi connectivity index (χ0) is 49.2. The van der Waals surface area contributed by atoms with Crippen molar-refractivity contribution < 1.29 is 0 Å². The van der Waals surface area contributed by atoms with Gasteiger partial charge in [0.15, 0.2) is 0 Å². The molecule has 2 aliphatic rings. The van der Waals surface area contributed by atoms with Crippen LogP contribution in [-0.4, -0.2) is 4.57 Å². The van der Waals surface area contributed by atoms with Crippen LogP contribution in [0.25, 0.3) is 104 Å². The van der Waals surface area contributed by atoms with Crippen LogP contribution in [-0.2, 0) is 5.41 Å². The maximum Gasteiger partial charge on any atom is 0.0726 e. The standard InChI is InChI=1S/C73H46N2/c1-2-21-50(22-3-1)75-68-36-15-11-30-62(68)71-53(31-17-37-69(71)75)49-20-16-19-48(45-49)47-39-41-51(42-40-47)74(52-43-44-58-56-25-5-4-23-54(56)55-24-6-7-26-57(55)63(58)46-52)70-38-18-35-67-72(70)61-29-10-14-34-66(61)73(67)64-32-12-8-27-59(64)60-28-9-13-33-65(60)73/h1-46H. The molecular weight excluding hydrogens is 905 g/mol. The maximum absolute atomic E-state index is 2.52. The van der Waals surface area contributed by atoms with Crippen molar-refractivity contribution in [2.24, 2.45) is 0 Å². The smallest absolute Gasteiger partial charge is 0.0726 e. The van der Waals surface area contributed by atoms with Crippen LogP contribution in [0.1, 0.15) is 22.3 Å². The van der Waals surface area contributed by atoms with E-state index in [2.05, 4.69) is 289 Å². The Balaban J connectivity index is 0.892. The van der Waals surface area contributed by atoms with Crippen LogP contribution >= 0.6 is 0 Å². The van der Waals surface area contributed by atoms with Crippen molar-refractivity contribution in [3.05, 3.63) is 301 Å². The Kier molecular flexibility index (Phi) is 8.99. The number of rotatable bonds is 6. The molecule has 1 spiro atoms. The molecule has 0 bridgehead atoms. The molecule has 1 aromatic heterocycles. The molecule has 0 amide bonds. The Hall–Kier alpha value is -9.76. The number of nitrogens with zero attached hydrogens (tertiary/aromatic N) is 2. The van der Waals surface area contributed by atoms with Gasteiger partial charge in [-0.3, -0.25) is 0 Å². The van der Waals surface area contributed by atoms with Gasteiger partial charge in [-0.05, 0) is 154 Å². The third kappa shape index (κ3) is 5.91. The molecule has 16 rings (SSSR count). The van der Waals surface area contributed by atoms with E-state index in [0.29, 0.717) is 0 Å². The van der Waals surface area contributed by atoms with E-state index in [0.717, 1.165) is 28.3 Å². The van der Waals surface area contributed by atoms with Crippen LogP contribution in [0.2, 0.25) is 0 Å². The first-order valence-corrected chi connectivity index (χ1v) is 26.1. The summed E-state index contributed by atoms with van der Waals surface area (Å²) in [6.07, 6.45) is 0. The average molecular weight is 951 g/mol. The van der Waals surface area contributed by atoms with E-state index in [-0.39, 0.29) is 0 Å². The van der Waals surface area contributed by atoms with Gasteiger partial charge in [0.2, 0.25) is 0 Å². The van der Waals surface area contributed by atoms with Gasteiger partial charge in [-0.25, -0.2) is 0 Å². The molecule has 0 unspecified atom stereocenters. The van der Waals surface area contributed by atoms with Gasteiger partial charge in [0.1, 0.15) is 0 Å². The molecule has 0 aliphatic heterocycles. The molecule has 0 radical (unpaired) electrons. The molecule has 2 nitrogen and oxygen atoms in total. The summed E-state index contributed by atoms with van der Waals surface area (Å²) in [5.41, 5.74) is 21.7. The third-order valence-electron chi connectivity index (χ3n) is 16.6. The molecule has 0 saturated carbocycles. The Morgan fingerprint density at radius 2 is 0.773 bits per heavy atom. The van der Waals surface area contributed by atoms with Gasteiger partial charge >= 0.3 is 0 Å². The molecule has 0 saturated heterocycles. The highest BCUT2D eigenvalue weighted by molar-refractivity contribution is 6.26. The van der Waals surface area contributed by atoms with Crippen LogP contribution in [0, 0.1) is 0 Å². The highest BCUT2D eigenvalue weighted by Crippen LogP contribution is 2.64. The van der Waals surface area contributed by atoms with Gasteiger partial charge in [-0.2, -0.15) is 0 Å². The Morgan fingerprint density at radius 3 is 1.48 bits per heavy atom. The fourth-order valence-corrected chi connectivity index (χ4v) is 13.6. The molecule has 75 heavy (non-hydrogen) atoms. The van der Waals surface area contributed by atoms with E-state index >= 15 is 0 Å². The predicted molar refractivity (Wildman–Crippen MR) is 315 cm³/mol. The lowest BCUT2D eigenvalue weighted by molar-refractivity contribution is 0.794. The van der Waals surface area contributed by atoms with Crippen LogP contribution < -0.4 is 4.90 Å². The number of hydrogen-bond donors (Lipinski definition) is 0. The van der Waals surface area contributed by atoms with Gasteiger partial charge in [0.25, 0.3) is 0 Å². The van der Waals surface area contributed by atoms with Gasteiger partial charge < -0.3 is 9.47 Å². The molecule has 2 heteroatoms. The molecular formula is C73H46N2. The summed E-state index contributed by atoms with van der Waals surface area (Å²) in [7, 11) is 0. The van der Waals surface area contributed by atoms with Crippen LogP contribution in [0.4, 0.5) is 17.1 Å². The van der Waals surface area contributed by atoms with Crippen molar-refractivity contribution in [2.75, 3.05) is 4.90 Å². The number of fused-ring (bicyclic) bond motifs is 19. The monoisotopic (exact) mass is 950 g/mol. The summed E-state index contributed by atoms with van der Waals surface area (Å²) in [5.74, 6) is 0. The second-order valence-electron chi connectivity index (χ2n) is 20.3. The van der Waals surface area contributed by atoms with Crippen LogP contribution in [0.15, 0.2) is 279 Å². The molecule has 0 fully saturated rings. The van der Waals surface area contributed by atoms with Gasteiger partial charge in [0.05, 0.1) is 22.1 Å². The SMILES string of the molecule is c1ccc(-n2c3ccccc3c3c(-c4cccc(-c5ccc(N(c6ccc7c8ccccc8c8ccccc8c7c6)c6cccc7c6-c6ccccc6C76c7ccccc7-c7ccccc76)cc5)c4)cccc32)cc1. The predicted octanol–water partition coefficient (Wildman–Crippen LogP) is 19.4. The molecule has 0 atom stereocenters. The average Bonchev–Trinajstić information content (AvgIpc) is 4.18. The van der Waals surface area contributed by atoms with Crippen molar-refractivity contribution in [3.8, 4) is 50.2 Å². The minimum atomic E-state index is -0.463. The lowest BCUT2D eigenvalue weighted by Crippen LogP contribution is -2.26. The lowest BCUT2D eigenvalue weighted by Gasteiger charge is -2.32. The van der Waals surface area contributed by atoms with E-state index in [4.69, 9.17) is 0 Å². The topological polar surface area (TPSA) is 8.17 Å². The second kappa shape index (κ2) is 16.1. The summed E-state index contributed by atoms with van der Waals surface area (Å²) < 4.78 is 2.40. The maximum atomic E-state index is 2.52. The van der Waals surface area contributed by atoms with Gasteiger partial charge in [0, 0.05) is 33.4 Å². The molecule has 0 N–H and O–H groups in total. The number of aromatic nitrogens is 1.